The Morgan fingerprint density at radius 1 is 1.00 bits per heavy atom. The molecule has 2 aromatic rings. The zero-order valence-electron chi connectivity index (χ0n) is 9.58. The number of fused-ring (bicyclic) bond motifs is 1. The van der Waals surface area contributed by atoms with Gasteiger partial charge in [0, 0.05) is 0 Å². The Kier molecular flexibility index (Phi) is 3.98. The normalized spacial score (nSPS) is 11.1. The summed E-state index contributed by atoms with van der Waals surface area (Å²) in [5, 5.41) is 10.5. The summed E-state index contributed by atoms with van der Waals surface area (Å²) in [7, 11) is -4.17. The number of phenols is 1. The van der Waals surface area contributed by atoms with Gasteiger partial charge in [-0.05, 0) is 35.0 Å². The minimum atomic E-state index is -4.17. The molecule has 0 amide bonds. The quantitative estimate of drug-likeness (QED) is 0.496. The topological polar surface area (TPSA) is 74.6 Å². The monoisotopic (exact) mass is 248 g/mol. The summed E-state index contributed by atoms with van der Waals surface area (Å²) in [6.45, 7) is 0. The van der Waals surface area contributed by atoms with Crippen molar-refractivity contribution < 1.29 is 49.1 Å². The maximum atomic E-state index is 10.8. The second kappa shape index (κ2) is 4.73. The summed E-state index contributed by atoms with van der Waals surface area (Å²) < 4.78 is 30.5. The van der Waals surface area contributed by atoms with Crippen LogP contribution in [0.5, 0.6) is 5.75 Å². The van der Waals surface area contributed by atoms with E-state index in [0.717, 1.165) is 0 Å². The second-order valence-electron chi connectivity index (χ2n) is 3.17. The van der Waals surface area contributed by atoms with Crippen LogP contribution >= 0.6 is 0 Å². The molecule has 0 aliphatic heterocycles. The molecule has 16 heavy (non-hydrogen) atoms. The van der Waals surface area contributed by atoms with Crippen molar-refractivity contribution in [3.63, 3.8) is 0 Å². The summed E-state index contributed by atoms with van der Waals surface area (Å²) in [5.74, 6) is 0.113. The van der Waals surface area contributed by atoms with Gasteiger partial charge in [0.25, 0.3) is 10.1 Å². The first-order valence-corrected chi connectivity index (χ1v) is 5.61. The van der Waals surface area contributed by atoms with Gasteiger partial charge in [0.2, 0.25) is 0 Å². The SMILES string of the molecule is O=S(=O)(O)c1ccc2cc(O)ccc2c1.[H-].[Na+]. The molecular weight excluding hydrogens is 239 g/mol. The zero-order valence-corrected chi connectivity index (χ0v) is 11.4. The number of phenolic OH excluding ortho intramolecular Hbond substituents is 1. The summed E-state index contributed by atoms with van der Waals surface area (Å²) in [5.41, 5.74) is 0. The number of aromatic hydroxyl groups is 1. The van der Waals surface area contributed by atoms with E-state index in [1.807, 2.05) is 0 Å². The molecule has 4 nitrogen and oxygen atoms in total. The molecule has 6 heteroatoms. The number of rotatable bonds is 1. The van der Waals surface area contributed by atoms with E-state index < -0.39 is 10.1 Å². The van der Waals surface area contributed by atoms with Crippen LogP contribution in [-0.4, -0.2) is 18.1 Å². The van der Waals surface area contributed by atoms with Crippen LogP contribution in [-0.2, 0) is 10.1 Å². The molecule has 0 aromatic heterocycles. The third-order valence-electron chi connectivity index (χ3n) is 2.09. The largest absolute Gasteiger partial charge is 1.00 e. The molecule has 80 valence electrons. The first-order valence-electron chi connectivity index (χ1n) is 4.17. The molecule has 0 spiro atoms. The first kappa shape index (κ1) is 13.5. The minimum Gasteiger partial charge on any atom is -1.00 e. The fourth-order valence-corrected chi connectivity index (χ4v) is 1.89. The molecule has 0 fully saturated rings. The van der Waals surface area contributed by atoms with Crippen LogP contribution in [0.25, 0.3) is 10.8 Å². The Bertz CT molecular complexity index is 627. The molecule has 0 saturated heterocycles. The third-order valence-corrected chi connectivity index (χ3v) is 2.94. The van der Waals surface area contributed by atoms with Gasteiger partial charge in [0.1, 0.15) is 5.75 Å². The van der Waals surface area contributed by atoms with Gasteiger partial charge in [0.15, 0.2) is 0 Å². The van der Waals surface area contributed by atoms with Crippen LogP contribution in [0.4, 0.5) is 0 Å². The van der Waals surface area contributed by atoms with Crippen LogP contribution in [0.1, 0.15) is 1.43 Å². The Morgan fingerprint density at radius 3 is 2.19 bits per heavy atom. The Hall–Kier alpha value is -0.590. The van der Waals surface area contributed by atoms with Gasteiger partial charge < -0.3 is 6.53 Å². The van der Waals surface area contributed by atoms with Crippen molar-refractivity contribution in [1.29, 1.82) is 0 Å². The smallest absolute Gasteiger partial charge is 1.00 e. The molecule has 0 aliphatic carbocycles. The fraction of sp³-hybridized carbons (Fsp3) is 0. The van der Waals surface area contributed by atoms with Crippen molar-refractivity contribution in [3.8, 4) is 5.75 Å². The van der Waals surface area contributed by atoms with Gasteiger partial charge in [-0.15, -0.1) is 0 Å². The van der Waals surface area contributed by atoms with Crippen molar-refractivity contribution in [1.82, 2.24) is 0 Å². The minimum absolute atomic E-state index is 0. The van der Waals surface area contributed by atoms with Gasteiger partial charge in [-0.2, -0.15) is 8.42 Å². The molecule has 0 aliphatic rings. The van der Waals surface area contributed by atoms with Crippen molar-refractivity contribution in [2.45, 2.75) is 4.90 Å². The number of hydrogen-bond donors (Lipinski definition) is 2. The third kappa shape index (κ3) is 2.75. The summed E-state index contributed by atoms with van der Waals surface area (Å²) in [6, 6.07) is 8.72. The summed E-state index contributed by atoms with van der Waals surface area (Å²) in [4.78, 5) is -0.152. The van der Waals surface area contributed by atoms with Crippen molar-refractivity contribution >= 4 is 20.9 Å². The van der Waals surface area contributed by atoms with Crippen LogP contribution in [0.3, 0.4) is 0 Å². The van der Waals surface area contributed by atoms with Crippen LogP contribution in [0.2, 0.25) is 0 Å². The summed E-state index contributed by atoms with van der Waals surface area (Å²) in [6.07, 6.45) is 0. The average molecular weight is 248 g/mol. The summed E-state index contributed by atoms with van der Waals surface area (Å²) >= 11 is 0. The Balaban J connectivity index is 0.00000128. The van der Waals surface area contributed by atoms with Crippen LogP contribution < -0.4 is 29.6 Å². The Morgan fingerprint density at radius 2 is 1.56 bits per heavy atom. The maximum Gasteiger partial charge on any atom is 1.00 e. The van der Waals surface area contributed by atoms with E-state index in [1.54, 1.807) is 6.07 Å². The molecule has 0 unspecified atom stereocenters. The predicted molar refractivity (Wildman–Crippen MR) is 56.5 cm³/mol. The molecule has 0 bridgehead atoms. The van der Waals surface area contributed by atoms with E-state index in [0.29, 0.717) is 10.8 Å². The van der Waals surface area contributed by atoms with Crippen molar-refractivity contribution in [2.24, 2.45) is 0 Å². The molecule has 2 N–H and O–H groups in total. The number of benzene rings is 2. The van der Waals surface area contributed by atoms with E-state index in [9.17, 15) is 13.5 Å². The van der Waals surface area contributed by atoms with Gasteiger partial charge >= 0.3 is 29.6 Å². The van der Waals surface area contributed by atoms with Gasteiger partial charge in [-0.3, -0.25) is 4.55 Å². The van der Waals surface area contributed by atoms with E-state index >= 15 is 0 Å². The first-order chi connectivity index (χ1) is 6.97. The fourth-order valence-electron chi connectivity index (χ4n) is 1.37. The van der Waals surface area contributed by atoms with Crippen LogP contribution in [0.15, 0.2) is 41.3 Å². The average Bonchev–Trinajstić information content (AvgIpc) is 2.15. The van der Waals surface area contributed by atoms with E-state index in [2.05, 4.69) is 0 Å². The standard InChI is InChI=1S/C10H8O4S.Na.H/c11-9-3-1-8-6-10(15(12,13)14)4-2-7(8)5-9;;/h1-6,11H,(H,12,13,14);;/q;+1;-1. The zero-order chi connectivity index (χ0) is 11.1. The molecule has 0 radical (unpaired) electrons. The van der Waals surface area contributed by atoms with E-state index in [-0.39, 0.29) is 41.6 Å². The van der Waals surface area contributed by atoms with E-state index in [4.69, 9.17) is 4.55 Å². The van der Waals surface area contributed by atoms with E-state index in [1.165, 1.54) is 30.3 Å². The van der Waals surface area contributed by atoms with Crippen LogP contribution in [0, 0.1) is 0 Å². The Labute approximate surface area is 116 Å². The predicted octanol–water partition coefficient (Wildman–Crippen LogP) is -1.09. The van der Waals surface area contributed by atoms with Gasteiger partial charge in [0.05, 0.1) is 4.90 Å². The molecular formula is C10H9NaO4S. The van der Waals surface area contributed by atoms with Gasteiger partial charge in [-0.1, -0.05) is 12.1 Å². The molecule has 0 atom stereocenters. The number of hydrogen-bond acceptors (Lipinski definition) is 3. The molecule has 0 heterocycles. The molecule has 2 rings (SSSR count). The van der Waals surface area contributed by atoms with Crippen molar-refractivity contribution in [3.05, 3.63) is 36.4 Å². The van der Waals surface area contributed by atoms with Gasteiger partial charge in [-0.25, -0.2) is 0 Å². The maximum absolute atomic E-state index is 10.8. The molecule has 2 aromatic carbocycles. The van der Waals surface area contributed by atoms with Crippen molar-refractivity contribution in [2.75, 3.05) is 0 Å². The molecule has 0 saturated carbocycles. The second-order valence-corrected chi connectivity index (χ2v) is 4.59.